The van der Waals surface area contributed by atoms with Gasteiger partial charge >= 0.3 is 0 Å². The quantitative estimate of drug-likeness (QED) is 0.393. The topological polar surface area (TPSA) is 125 Å². The second kappa shape index (κ2) is 10.9. The van der Waals surface area contributed by atoms with Crippen molar-refractivity contribution in [3.63, 3.8) is 0 Å². The third-order valence-electron chi connectivity index (χ3n) is 6.97. The SMILES string of the molecule is C[C@H]1CN(c2c(NC(=O)c3ccc(F)c(-c4c(F)cccc4F)n3)cnc3c2CCC3O)C[C@@H](N)[C@@H]1O.Cl. The summed E-state index contributed by atoms with van der Waals surface area (Å²) in [4.78, 5) is 23.4. The molecule has 4 atom stereocenters. The molecule has 2 aromatic heterocycles. The first-order valence-corrected chi connectivity index (χ1v) is 12.0. The molecule has 38 heavy (non-hydrogen) atoms. The molecule has 2 aliphatic rings. The van der Waals surface area contributed by atoms with Crippen molar-refractivity contribution in [2.75, 3.05) is 23.3 Å². The second-order valence-corrected chi connectivity index (χ2v) is 9.55. The van der Waals surface area contributed by atoms with Crippen LogP contribution in [0.5, 0.6) is 0 Å². The van der Waals surface area contributed by atoms with Crippen molar-refractivity contribution < 1.29 is 28.2 Å². The molecule has 0 saturated carbocycles. The Morgan fingerprint density at radius 1 is 1.11 bits per heavy atom. The van der Waals surface area contributed by atoms with Gasteiger partial charge in [-0.25, -0.2) is 18.2 Å². The van der Waals surface area contributed by atoms with Crippen LogP contribution in [-0.4, -0.2) is 51.3 Å². The molecule has 0 spiro atoms. The smallest absolute Gasteiger partial charge is 0.274 e. The van der Waals surface area contributed by atoms with Gasteiger partial charge in [0, 0.05) is 30.6 Å². The lowest BCUT2D eigenvalue weighted by Crippen LogP contribution is -2.56. The summed E-state index contributed by atoms with van der Waals surface area (Å²) in [5, 5.41) is 23.4. The number of pyridine rings is 2. The molecule has 202 valence electrons. The third kappa shape index (κ3) is 4.94. The van der Waals surface area contributed by atoms with Gasteiger partial charge in [0.05, 0.1) is 41.0 Å². The van der Waals surface area contributed by atoms with Gasteiger partial charge in [0.25, 0.3) is 5.91 Å². The number of aliphatic hydroxyl groups excluding tert-OH is 2. The Morgan fingerprint density at radius 2 is 1.82 bits per heavy atom. The van der Waals surface area contributed by atoms with E-state index < -0.39 is 52.9 Å². The van der Waals surface area contributed by atoms with Crippen molar-refractivity contribution in [2.45, 2.75) is 38.0 Å². The Hall–Kier alpha value is -3.25. The first-order valence-electron chi connectivity index (χ1n) is 12.0. The molecule has 8 nitrogen and oxygen atoms in total. The van der Waals surface area contributed by atoms with E-state index in [1.165, 1.54) is 6.20 Å². The van der Waals surface area contributed by atoms with E-state index in [1.807, 2.05) is 11.8 Å². The van der Waals surface area contributed by atoms with E-state index >= 15 is 0 Å². The number of piperidine rings is 1. The van der Waals surface area contributed by atoms with Crippen LogP contribution in [0.2, 0.25) is 0 Å². The molecule has 3 heterocycles. The number of hydrogen-bond acceptors (Lipinski definition) is 7. The Morgan fingerprint density at radius 3 is 2.50 bits per heavy atom. The van der Waals surface area contributed by atoms with Crippen LogP contribution < -0.4 is 16.0 Å². The number of anilines is 2. The highest BCUT2D eigenvalue weighted by Crippen LogP contribution is 2.41. The van der Waals surface area contributed by atoms with Crippen LogP contribution in [-0.2, 0) is 6.42 Å². The third-order valence-corrected chi connectivity index (χ3v) is 6.97. The predicted octanol–water partition coefficient (Wildman–Crippen LogP) is 3.36. The summed E-state index contributed by atoms with van der Waals surface area (Å²) in [5.74, 6) is -3.90. The number of amides is 1. The molecular formula is C26H27ClF3N5O3. The number of aromatic nitrogens is 2. The minimum atomic E-state index is -1.01. The summed E-state index contributed by atoms with van der Waals surface area (Å²) in [6, 6.07) is 4.61. The van der Waals surface area contributed by atoms with Gasteiger partial charge in [-0.2, -0.15) is 0 Å². The fraction of sp³-hybridized carbons (Fsp3) is 0.346. The van der Waals surface area contributed by atoms with Crippen molar-refractivity contribution in [1.29, 1.82) is 0 Å². The van der Waals surface area contributed by atoms with Crippen molar-refractivity contribution in [2.24, 2.45) is 11.7 Å². The summed E-state index contributed by atoms with van der Waals surface area (Å²) in [7, 11) is 0. The number of nitrogens with one attached hydrogen (secondary N) is 1. The van der Waals surface area contributed by atoms with Gasteiger partial charge in [-0.05, 0) is 37.1 Å². The summed E-state index contributed by atoms with van der Waals surface area (Å²) < 4.78 is 43.1. The fourth-order valence-electron chi connectivity index (χ4n) is 5.11. The molecule has 3 aromatic rings. The highest BCUT2D eigenvalue weighted by molar-refractivity contribution is 6.05. The number of aliphatic hydroxyl groups is 2. The van der Waals surface area contributed by atoms with Gasteiger partial charge in [0.15, 0.2) is 0 Å². The lowest BCUT2D eigenvalue weighted by Gasteiger charge is -2.41. The number of carbonyl (C=O) groups is 1. The van der Waals surface area contributed by atoms with Gasteiger partial charge in [0.2, 0.25) is 0 Å². The molecule has 0 bridgehead atoms. The molecule has 0 radical (unpaired) electrons. The molecule has 1 unspecified atom stereocenters. The van der Waals surface area contributed by atoms with E-state index in [0.29, 0.717) is 43.0 Å². The Kier molecular flexibility index (Phi) is 7.93. The van der Waals surface area contributed by atoms with Gasteiger partial charge < -0.3 is 26.2 Å². The molecular weight excluding hydrogens is 523 g/mol. The lowest BCUT2D eigenvalue weighted by atomic mass is 9.92. The molecule has 5 rings (SSSR count). The van der Waals surface area contributed by atoms with E-state index in [-0.39, 0.29) is 24.0 Å². The molecule has 1 aliphatic carbocycles. The number of fused-ring (bicyclic) bond motifs is 1. The minimum Gasteiger partial charge on any atom is -0.391 e. The van der Waals surface area contributed by atoms with Crippen LogP contribution in [0, 0.1) is 23.4 Å². The van der Waals surface area contributed by atoms with Crippen molar-refractivity contribution in [3.05, 3.63) is 70.9 Å². The van der Waals surface area contributed by atoms with E-state index in [4.69, 9.17) is 5.73 Å². The maximum Gasteiger partial charge on any atom is 0.274 e. The van der Waals surface area contributed by atoms with Crippen LogP contribution >= 0.6 is 12.4 Å². The maximum atomic E-state index is 14.5. The number of halogens is 4. The van der Waals surface area contributed by atoms with Crippen molar-refractivity contribution in [1.82, 2.24) is 9.97 Å². The Balaban J connectivity index is 0.00000336. The molecule has 5 N–H and O–H groups in total. The maximum absolute atomic E-state index is 14.5. The van der Waals surface area contributed by atoms with Gasteiger partial charge in [-0.3, -0.25) is 9.78 Å². The Bertz CT molecular complexity index is 1350. The summed E-state index contributed by atoms with van der Waals surface area (Å²) >= 11 is 0. The summed E-state index contributed by atoms with van der Waals surface area (Å²) in [6.07, 6.45) is 0.994. The van der Waals surface area contributed by atoms with E-state index in [9.17, 15) is 28.2 Å². The highest BCUT2D eigenvalue weighted by atomic mass is 35.5. The monoisotopic (exact) mass is 549 g/mol. The zero-order valence-electron chi connectivity index (χ0n) is 20.4. The molecule has 1 saturated heterocycles. The summed E-state index contributed by atoms with van der Waals surface area (Å²) in [6.45, 7) is 2.64. The van der Waals surface area contributed by atoms with Crippen LogP contribution in [0.15, 0.2) is 36.5 Å². The first-order chi connectivity index (χ1) is 17.7. The largest absolute Gasteiger partial charge is 0.391 e. The average molecular weight is 550 g/mol. The minimum absolute atomic E-state index is 0. The zero-order valence-corrected chi connectivity index (χ0v) is 21.2. The highest BCUT2D eigenvalue weighted by Gasteiger charge is 2.36. The van der Waals surface area contributed by atoms with Crippen LogP contribution in [0.1, 0.15) is 41.2 Å². The standard InChI is InChI=1S/C26H26F3N5O3.ClH/c1-12-10-34(11-17(30)25(12)36)24-13-5-8-20(35)22(13)31-9-19(24)33-26(37)18-7-6-16(29)23(32-18)21-14(27)3-2-4-15(21)28;/h2-4,6-7,9,12,17,20,25,35-36H,5,8,10-11,30H2,1H3,(H,33,37);1H/t12-,17+,20?,25+;/m0./s1. The average Bonchev–Trinajstić information content (AvgIpc) is 3.23. The molecule has 1 fully saturated rings. The predicted molar refractivity (Wildman–Crippen MR) is 138 cm³/mol. The van der Waals surface area contributed by atoms with Gasteiger partial charge in [-0.1, -0.05) is 13.0 Å². The van der Waals surface area contributed by atoms with Crippen LogP contribution in [0.4, 0.5) is 24.5 Å². The summed E-state index contributed by atoms with van der Waals surface area (Å²) in [5.41, 5.74) is 6.85. The molecule has 1 aliphatic heterocycles. The van der Waals surface area contributed by atoms with Crippen molar-refractivity contribution in [3.8, 4) is 11.3 Å². The number of hydrogen-bond donors (Lipinski definition) is 4. The van der Waals surface area contributed by atoms with E-state index in [0.717, 1.165) is 35.9 Å². The number of carbonyl (C=O) groups excluding carboxylic acids is 1. The molecule has 1 aromatic carbocycles. The lowest BCUT2D eigenvalue weighted by molar-refractivity contribution is 0.0784. The zero-order chi connectivity index (χ0) is 26.4. The number of benzene rings is 1. The van der Waals surface area contributed by atoms with E-state index in [2.05, 4.69) is 15.3 Å². The Labute approximate surface area is 223 Å². The molecule has 12 heteroatoms. The number of rotatable bonds is 4. The number of nitrogens with two attached hydrogens (primary N) is 1. The van der Waals surface area contributed by atoms with Crippen molar-refractivity contribution >= 4 is 29.7 Å². The van der Waals surface area contributed by atoms with Crippen LogP contribution in [0.3, 0.4) is 0 Å². The second-order valence-electron chi connectivity index (χ2n) is 9.55. The van der Waals surface area contributed by atoms with Crippen LogP contribution in [0.25, 0.3) is 11.3 Å². The van der Waals surface area contributed by atoms with Gasteiger partial charge in [0.1, 0.15) is 28.8 Å². The fourth-order valence-corrected chi connectivity index (χ4v) is 5.11. The normalized spacial score (nSPS) is 22.6. The van der Waals surface area contributed by atoms with E-state index in [1.54, 1.807) is 0 Å². The molecule has 1 amide bonds. The first kappa shape index (κ1) is 27.8. The van der Waals surface area contributed by atoms with Gasteiger partial charge in [-0.15, -0.1) is 12.4 Å². The number of nitrogens with zero attached hydrogens (tertiary/aromatic N) is 3.